The van der Waals surface area contributed by atoms with Crippen LogP contribution < -0.4 is 5.73 Å². The average molecular weight is 266 g/mol. The summed E-state index contributed by atoms with van der Waals surface area (Å²) in [5, 5.41) is 9.66. The van der Waals surface area contributed by atoms with Gasteiger partial charge in [0.15, 0.2) is 0 Å². The summed E-state index contributed by atoms with van der Waals surface area (Å²) in [4.78, 5) is 14.0. The predicted octanol–water partition coefficient (Wildman–Crippen LogP) is 0.519. The van der Waals surface area contributed by atoms with Crippen LogP contribution in [0.4, 0.5) is 0 Å². The number of hydrogen-bond donors (Lipinski definition) is 2. The van der Waals surface area contributed by atoms with Crippen LogP contribution >= 0.6 is 12.2 Å². The summed E-state index contributed by atoms with van der Waals surface area (Å²) in [6.07, 6.45) is -0.413. The monoisotopic (exact) mass is 266 g/mol. The largest absolute Gasteiger partial charge is 0.507 e. The van der Waals surface area contributed by atoms with Gasteiger partial charge in [-0.1, -0.05) is 24.4 Å². The van der Waals surface area contributed by atoms with Crippen LogP contribution in [-0.2, 0) is 4.74 Å². The van der Waals surface area contributed by atoms with E-state index in [1.54, 1.807) is 23.1 Å². The molecule has 1 aromatic rings. The Morgan fingerprint density at radius 2 is 2.22 bits per heavy atom. The normalized spacial score (nSPS) is 19.6. The molecule has 0 aromatic heterocycles. The van der Waals surface area contributed by atoms with Crippen LogP contribution in [0, 0.1) is 0 Å². The van der Waals surface area contributed by atoms with Crippen LogP contribution in [0.25, 0.3) is 0 Å². The van der Waals surface area contributed by atoms with Crippen LogP contribution in [0.1, 0.15) is 10.4 Å². The van der Waals surface area contributed by atoms with E-state index in [0.717, 1.165) is 0 Å². The first-order valence-corrected chi connectivity index (χ1v) is 5.98. The van der Waals surface area contributed by atoms with Gasteiger partial charge in [-0.3, -0.25) is 4.79 Å². The van der Waals surface area contributed by atoms with Crippen molar-refractivity contribution in [2.75, 3.05) is 19.7 Å². The number of morpholine rings is 1. The Labute approximate surface area is 110 Å². The second-order valence-electron chi connectivity index (χ2n) is 4.03. The Hall–Kier alpha value is -1.66. The molecule has 5 nitrogen and oxygen atoms in total. The van der Waals surface area contributed by atoms with Crippen LogP contribution in [0.3, 0.4) is 0 Å². The van der Waals surface area contributed by atoms with Gasteiger partial charge in [-0.25, -0.2) is 0 Å². The number of carbonyl (C=O) groups is 1. The van der Waals surface area contributed by atoms with Gasteiger partial charge in [0.1, 0.15) is 16.8 Å². The molecule has 0 saturated carbocycles. The minimum atomic E-state index is -0.413. The van der Waals surface area contributed by atoms with E-state index in [9.17, 15) is 9.90 Å². The summed E-state index contributed by atoms with van der Waals surface area (Å²) in [5.74, 6) is -0.265. The highest BCUT2D eigenvalue weighted by atomic mass is 32.1. The van der Waals surface area contributed by atoms with E-state index in [2.05, 4.69) is 0 Å². The van der Waals surface area contributed by atoms with E-state index in [0.29, 0.717) is 19.7 Å². The number of rotatable bonds is 2. The number of phenols is 1. The third-order valence-electron chi connectivity index (χ3n) is 2.81. The summed E-state index contributed by atoms with van der Waals surface area (Å²) in [6.45, 7) is 1.18. The molecule has 18 heavy (non-hydrogen) atoms. The van der Waals surface area contributed by atoms with Gasteiger partial charge in [0, 0.05) is 6.54 Å². The van der Waals surface area contributed by atoms with Crippen LogP contribution in [0.5, 0.6) is 5.75 Å². The Morgan fingerprint density at radius 3 is 2.89 bits per heavy atom. The van der Waals surface area contributed by atoms with Crippen molar-refractivity contribution in [2.45, 2.75) is 6.10 Å². The Kier molecular flexibility index (Phi) is 3.78. The second-order valence-corrected chi connectivity index (χ2v) is 4.50. The van der Waals surface area contributed by atoms with Gasteiger partial charge >= 0.3 is 0 Å². The predicted molar refractivity (Wildman–Crippen MR) is 70.5 cm³/mol. The number of para-hydroxylation sites is 1. The van der Waals surface area contributed by atoms with Crippen molar-refractivity contribution in [1.82, 2.24) is 4.90 Å². The highest BCUT2D eigenvalue weighted by Gasteiger charge is 2.27. The highest BCUT2D eigenvalue weighted by molar-refractivity contribution is 7.80. The minimum Gasteiger partial charge on any atom is -0.507 e. The zero-order valence-electron chi connectivity index (χ0n) is 9.70. The van der Waals surface area contributed by atoms with Gasteiger partial charge < -0.3 is 20.5 Å². The molecule has 0 aliphatic carbocycles. The third kappa shape index (κ3) is 2.60. The van der Waals surface area contributed by atoms with Gasteiger partial charge in [-0.2, -0.15) is 0 Å². The van der Waals surface area contributed by atoms with Gasteiger partial charge in [-0.05, 0) is 12.1 Å². The summed E-state index contributed by atoms with van der Waals surface area (Å²) in [5.41, 5.74) is 5.80. The van der Waals surface area contributed by atoms with Crippen molar-refractivity contribution < 1.29 is 14.6 Å². The Balaban J connectivity index is 2.14. The lowest BCUT2D eigenvalue weighted by Crippen LogP contribution is -2.49. The van der Waals surface area contributed by atoms with E-state index in [4.69, 9.17) is 22.7 Å². The molecule has 0 bridgehead atoms. The molecule has 96 valence electrons. The van der Waals surface area contributed by atoms with E-state index in [-0.39, 0.29) is 22.2 Å². The molecule has 1 saturated heterocycles. The number of hydrogen-bond acceptors (Lipinski definition) is 4. The van der Waals surface area contributed by atoms with Crippen molar-refractivity contribution >= 4 is 23.1 Å². The number of nitrogens with two attached hydrogens (primary N) is 1. The molecule has 1 aliphatic rings. The molecule has 1 aromatic carbocycles. The summed E-state index contributed by atoms with van der Waals surface area (Å²) >= 11 is 4.86. The fourth-order valence-corrected chi connectivity index (χ4v) is 1.97. The topological polar surface area (TPSA) is 75.8 Å². The van der Waals surface area contributed by atoms with E-state index in [1.807, 2.05) is 0 Å². The molecule has 1 unspecified atom stereocenters. The average Bonchev–Trinajstić information content (AvgIpc) is 2.38. The first-order valence-electron chi connectivity index (χ1n) is 5.58. The first-order chi connectivity index (χ1) is 8.59. The lowest BCUT2D eigenvalue weighted by molar-refractivity contribution is 0.00865. The molecule has 2 rings (SSSR count). The second kappa shape index (κ2) is 5.32. The number of carbonyl (C=O) groups excluding carboxylic acids is 1. The van der Waals surface area contributed by atoms with E-state index >= 15 is 0 Å². The fourth-order valence-electron chi connectivity index (χ4n) is 1.83. The molecule has 1 heterocycles. The lowest BCUT2D eigenvalue weighted by atomic mass is 10.1. The molecule has 1 atom stereocenters. The number of thiocarbonyl (C=S) groups is 1. The molecular formula is C12H14N2O3S. The summed E-state index contributed by atoms with van der Waals surface area (Å²) < 4.78 is 5.36. The fraction of sp³-hybridized carbons (Fsp3) is 0.333. The number of aromatic hydroxyl groups is 1. The standard InChI is InChI=1S/C12H14N2O3S/c13-11(18)10-7-14(5-6-17-10)12(16)8-3-1-2-4-9(8)15/h1-4,10,15H,5-7H2,(H2,13,18). The zero-order valence-corrected chi connectivity index (χ0v) is 10.5. The van der Waals surface area contributed by atoms with Gasteiger partial charge in [-0.15, -0.1) is 0 Å². The van der Waals surface area contributed by atoms with Crippen molar-refractivity contribution in [3.05, 3.63) is 29.8 Å². The smallest absolute Gasteiger partial charge is 0.257 e. The summed E-state index contributed by atoms with van der Waals surface area (Å²) in [6, 6.07) is 6.45. The molecule has 0 spiro atoms. The van der Waals surface area contributed by atoms with E-state index in [1.165, 1.54) is 6.07 Å². The van der Waals surface area contributed by atoms with Gasteiger partial charge in [0.2, 0.25) is 0 Å². The molecule has 6 heteroatoms. The SMILES string of the molecule is NC(=S)C1CN(C(=O)c2ccccc2O)CCO1. The number of amides is 1. The van der Waals surface area contributed by atoms with Gasteiger partial charge in [0.05, 0.1) is 18.7 Å². The van der Waals surface area contributed by atoms with E-state index < -0.39 is 6.10 Å². The third-order valence-corrected chi connectivity index (χ3v) is 3.07. The highest BCUT2D eigenvalue weighted by Crippen LogP contribution is 2.19. The Morgan fingerprint density at radius 1 is 1.50 bits per heavy atom. The maximum atomic E-state index is 12.2. The number of nitrogens with zero attached hydrogens (tertiary/aromatic N) is 1. The van der Waals surface area contributed by atoms with Crippen molar-refractivity contribution in [2.24, 2.45) is 5.73 Å². The van der Waals surface area contributed by atoms with Crippen LogP contribution in [-0.4, -0.2) is 46.7 Å². The molecule has 1 aliphatic heterocycles. The van der Waals surface area contributed by atoms with Crippen LogP contribution in [0.2, 0.25) is 0 Å². The Bertz CT molecular complexity index is 478. The number of phenolic OH excluding ortho intramolecular Hbond substituents is 1. The maximum absolute atomic E-state index is 12.2. The molecule has 0 radical (unpaired) electrons. The first kappa shape index (κ1) is 12.8. The molecular weight excluding hydrogens is 252 g/mol. The molecule has 1 amide bonds. The minimum absolute atomic E-state index is 0.0270. The summed E-state index contributed by atoms with van der Waals surface area (Å²) in [7, 11) is 0. The quantitative estimate of drug-likeness (QED) is 0.763. The van der Waals surface area contributed by atoms with Gasteiger partial charge in [0.25, 0.3) is 5.91 Å². The van der Waals surface area contributed by atoms with Crippen molar-refractivity contribution in [3.63, 3.8) is 0 Å². The maximum Gasteiger partial charge on any atom is 0.257 e. The number of benzene rings is 1. The lowest BCUT2D eigenvalue weighted by Gasteiger charge is -2.32. The number of ether oxygens (including phenoxy) is 1. The van der Waals surface area contributed by atoms with Crippen molar-refractivity contribution in [3.8, 4) is 5.75 Å². The van der Waals surface area contributed by atoms with Crippen molar-refractivity contribution in [1.29, 1.82) is 0 Å². The van der Waals surface area contributed by atoms with Crippen LogP contribution in [0.15, 0.2) is 24.3 Å². The molecule has 3 N–H and O–H groups in total. The zero-order chi connectivity index (χ0) is 13.1. The molecule has 1 fully saturated rings.